The van der Waals surface area contributed by atoms with Gasteiger partial charge in [-0.05, 0) is 36.5 Å². The lowest BCUT2D eigenvalue weighted by Crippen LogP contribution is -2.08. The largest absolute Gasteiger partial charge is 0.204 e. The topological polar surface area (TPSA) is 0 Å². The first kappa shape index (κ1) is 13.0. The molecule has 0 N–H and O–H groups in total. The molecule has 0 spiro atoms. The van der Waals surface area contributed by atoms with Crippen LogP contribution in [-0.4, -0.2) is 4.83 Å². The quantitative estimate of drug-likeness (QED) is 0.697. The SMILES string of the molecule is Fc1ccc(CC(Br)CC2CCCC2)cc1F. The van der Waals surface area contributed by atoms with Crippen molar-refractivity contribution in [2.24, 2.45) is 5.92 Å². The molecule has 0 aromatic heterocycles. The van der Waals surface area contributed by atoms with Crippen LogP contribution in [0.4, 0.5) is 8.78 Å². The van der Waals surface area contributed by atoms with Gasteiger partial charge < -0.3 is 0 Å². The van der Waals surface area contributed by atoms with E-state index in [4.69, 9.17) is 0 Å². The number of halogens is 3. The minimum atomic E-state index is -0.768. The summed E-state index contributed by atoms with van der Waals surface area (Å²) < 4.78 is 25.8. The highest BCUT2D eigenvalue weighted by Crippen LogP contribution is 2.31. The van der Waals surface area contributed by atoms with Crippen molar-refractivity contribution in [3.8, 4) is 0 Å². The van der Waals surface area contributed by atoms with Crippen LogP contribution in [0.25, 0.3) is 0 Å². The Hall–Kier alpha value is -0.440. The van der Waals surface area contributed by atoms with Crippen molar-refractivity contribution < 1.29 is 8.78 Å². The van der Waals surface area contributed by atoms with Crippen LogP contribution >= 0.6 is 15.9 Å². The summed E-state index contributed by atoms with van der Waals surface area (Å²) in [5.41, 5.74) is 0.865. The van der Waals surface area contributed by atoms with E-state index in [2.05, 4.69) is 15.9 Å². The third-order valence-corrected chi connectivity index (χ3v) is 4.20. The number of benzene rings is 1. The molecule has 3 heteroatoms. The molecule has 1 aliphatic rings. The fourth-order valence-electron chi connectivity index (χ4n) is 2.61. The summed E-state index contributed by atoms with van der Waals surface area (Å²) in [4.78, 5) is 0.371. The van der Waals surface area contributed by atoms with Gasteiger partial charge in [0.25, 0.3) is 0 Å². The second-order valence-corrected chi connectivity index (χ2v) is 6.23. The Balaban J connectivity index is 1.88. The molecule has 0 bridgehead atoms. The fourth-order valence-corrected chi connectivity index (χ4v) is 3.52. The van der Waals surface area contributed by atoms with Gasteiger partial charge in [-0.2, -0.15) is 0 Å². The molecule has 0 amide bonds. The Morgan fingerprint density at radius 1 is 1.18 bits per heavy atom. The van der Waals surface area contributed by atoms with Crippen molar-refractivity contribution >= 4 is 15.9 Å². The van der Waals surface area contributed by atoms with Gasteiger partial charge in [0.2, 0.25) is 0 Å². The molecule has 1 aromatic carbocycles. The standard InChI is InChI=1S/C14H17BrF2/c15-12(7-10-3-1-2-4-10)8-11-5-6-13(16)14(17)9-11/h5-6,9-10,12H,1-4,7-8H2. The molecule has 1 fully saturated rings. The number of alkyl halides is 1. The van der Waals surface area contributed by atoms with Gasteiger partial charge in [-0.3, -0.25) is 0 Å². The lowest BCUT2D eigenvalue weighted by molar-refractivity contribution is 0.491. The van der Waals surface area contributed by atoms with Crippen LogP contribution in [-0.2, 0) is 6.42 Å². The molecule has 1 atom stereocenters. The van der Waals surface area contributed by atoms with E-state index in [1.807, 2.05) is 0 Å². The van der Waals surface area contributed by atoms with E-state index >= 15 is 0 Å². The van der Waals surface area contributed by atoms with Gasteiger partial charge in [0, 0.05) is 4.83 Å². The molecule has 94 valence electrons. The average molecular weight is 303 g/mol. The zero-order valence-electron chi connectivity index (χ0n) is 9.76. The first-order valence-electron chi connectivity index (χ1n) is 6.23. The number of hydrogen-bond donors (Lipinski definition) is 0. The molecule has 2 rings (SSSR count). The Morgan fingerprint density at radius 3 is 2.53 bits per heavy atom. The van der Waals surface area contributed by atoms with Gasteiger partial charge >= 0.3 is 0 Å². The molecule has 0 nitrogen and oxygen atoms in total. The summed E-state index contributed by atoms with van der Waals surface area (Å²) in [5, 5.41) is 0. The Morgan fingerprint density at radius 2 is 1.88 bits per heavy atom. The number of hydrogen-bond acceptors (Lipinski definition) is 0. The van der Waals surface area contributed by atoms with Crippen LogP contribution in [0, 0.1) is 17.6 Å². The summed E-state index contributed by atoms with van der Waals surface area (Å²) >= 11 is 3.65. The second kappa shape index (κ2) is 5.94. The molecule has 1 aromatic rings. The van der Waals surface area contributed by atoms with Crippen molar-refractivity contribution in [3.63, 3.8) is 0 Å². The lowest BCUT2D eigenvalue weighted by atomic mass is 9.98. The van der Waals surface area contributed by atoms with E-state index in [0.717, 1.165) is 24.3 Å². The van der Waals surface area contributed by atoms with Gasteiger partial charge in [-0.25, -0.2) is 8.78 Å². The van der Waals surface area contributed by atoms with Gasteiger partial charge in [-0.1, -0.05) is 47.7 Å². The van der Waals surface area contributed by atoms with Crippen LogP contribution in [0.15, 0.2) is 18.2 Å². The molecule has 1 saturated carbocycles. The van der Waals surface area contributed by atoms with Gasteiger partial charge in [-0.15, -0.1) is 0 Å². The number of rotatable bonds is 4. The third-order valence-electron chi connectivity index (χ3n) is 3.51. The maximum Gasteiger partial charge on any atom is 0.159 e. The highest BCUT2D eigenvalue weighted by Gasteiger charge is 2.19. The second-order valence-electron chi connectivity index (χ2n) is 4.94. The van der Waals surface area contributed by atoms with E-state index in [1.54, 1.807) is 6.07 Å². The maximum absolute atomic E-state index is 13.0. The van der Waals surface area contributed by atoms with Crippen molar-refractivity contribution in [2.75, 3.05) is 0 Å². The third kappa shape index (κ3) is 3.77. The van der Waals surface area contributed by atoms with E-state index in [1.165, 1.54) is 37.8 Å². The average Bonchev–Trinajstić information content (AvgIpc) is 2.76. The van der Waals surface area contributed by atoms with Crippen LogP contribution in [0.3, 0.4) is 0 Å². The van der Waals surface area contributed by atoms with E-state index in [0.29, 0.717) is 4.83 Å². The predicted octanol–water partition coefficient (Wildman–Crippen LogP) is 4.85. The molecule has 1 aliphatic carbocycles. The van der Waals surface area contributed by atoms with Crippen LogP contribution in [0.1, 0.15) is 37.7 Å². The molecule has 0 radical (unpaired) electrons. The molecule has 0 heterocycles. The zero-order valence-corrected chi connectivity index (χ0v) is 11.3. The fraction of sp³-hybridized carbons (Fsp3) is 0.571. The van der Waals surface area contributed by atoms with Crippen LogP contribution < -0.4 is 0 Å². The van der Waals surface area contributed by atoms with Crippen LogP contribution in [0.5, 0.6) is 0 Å². The van der Waals surface area contributed by atoms with E-state index < -0.39 is 11.6 Å². The van der Waals surface area contributed by atoms with Gasteiger partial charge in [0.15, 0.2) is 11.6 Å². The summed E-state index contributed by atoms with van der Waals surface area (Å²) in [6.07, 6.45) is 7.23. The van der Waals surface area contributed by atoms with E-state index in [-0.39, 0.29) is 0 Å². The maximum atomic E-state index is 13.0. The summed E-state index contributed by atoms with van der Waals surface area (Å²) in [6, 6.07) is 4.18. The Kier molecular flexibility index (Phi) is 4.55. The molecule has 17 heavy (non-hydrogen) atoms. The predicted molar refractivity (Wildman–Crippen MR) is 69.4 cm³/mol. The molecule has 1 unspecified atom stereocenters. The van der Waals surface area contributed by atoms with E-state index in [9.17, 15) is 8.78 Å². The Labute approximate surface area is 110 Å². The highest BCUT2D eigenvalue weighted by molar-refractivity contribution is 9.09. The van der Waals surface area contributed by atoms with Crippen molar-refractivity contribution in [1.82, 2.24) is 0 Å². The minimum Gasteiger partial charge on any atom is -0.204 e. The smallest absolute Gasteiger partial charge is 0.159 e. The highest BCUT2D eigenvalue weighted by atomic mass is 79.9. The van der Waals surface area contributed by atoms with Gasteiger partial charge in [0.1, 0.15) is 0 Å². The summed E-state index contributed by atoms with van der Waals surface area (Å²) in [7, 11) is 0. The van der Waals surface area contributed by atoms with Crippen molar-refractivity contribution in [3.05, 3.63) is 35.4 Å². The zero-order chi connectivity index (χ0) is 12.3. The normalized spacial score (nSPS) is 18.5. The molecular formula is C14H17BrF2. The molecule has 0 saturated heterocycles. The molecular weight excluding hydrogens is 286 g/mol. The van der Waals surface area contributed by atoms with Gasteiger partial charge in [0.05, 0.1) is 0 Å². The summed E-state index contributed by atoms with van der Waals surface area (Å²) in [6.45, 7) is 0. The lowest BCUT2D eigenvalue weighted by Gasteiger charge is -2.14. The first-order chi connectivity index (χ1) is 8.15. The first-order valence-corrected chi connectivity index (χ1v) is 7.14. The van der Waals surface area contributed by atoms with Crippen molar-refractivity contribution in [1.29, 1.82) is 0 Å². The monoisotopic (exact) mass is 302 g/mol. The Bertz CT molecular complexity index is 372. The molecule has 0 aliphatic heterocycles. The summed E-state index contributed by atoms with van der Waals surface area (Å²) in [5.74, 6) is -0.705. The van der Waals surface area contributed by atoms with Crippen LogP contribution in [0.2, 0.25) is 0 Å². The van der Waals surface area contributed by atoms with Crippen molar-refractivity contribution in [2.45, 2.75) is 43.4 Å². The minimum absolute atomic E-state index is 0.371.